The first-order chi connectivity index (χ1) is 10.6. The number of nitrogens with zero attached hydrogens (tertiary/aromatic N) is 4. The molecule has 22 heavy (non-hydrogen) atoms. The highest BCUT2D eigenvalue weighted by Gasteiger charge is 2.39. The summed E-state index contributed by atoms with van der Waals surface area (Å²) in [6, 6.07) is 2.44. The first-order valence-corrected chi connectivity index (χ1v) is 8.49. The van der Waals surface area contributed by atoms with Crippen LogP contribution in [0.1, 0.15) is 49.4 Å². The molecule has 5 nitrogen and oxygen atoms in total. The predicted molar refractivity (Wildman–Crippen MR) is 84.9 cm³/mol. The van der Waals surface area contributed by atoms with Crippen molar-refractivity contribution in [2.45, 2.75) is 51.0 Å². The molecule has 4 heterocycles. The fourth-order valence-corrected chi connectivity index (χ4v) is 3.95. The molecule has 118 valence electrons. The zero-order valence-corrected chi connectivity index (χ0v) is 13.5. The Kier molecular flexibility index (Phi) is 3.31. The molecule has 1 aliphatic carbocycles. The van der Waals surface area contributed by atoms with Crippen molar-refractivity contribution in [2.75, 3.05) is 25.0 Å². The van der Waals surface area contributed by atoms with Crippen LogP contribution in [-0.2, 0) is 4.79 Å². The number of aromatic nitrogens is 2. The summed E-state index contributed by atoms with van der Waals surface area (Å²) in [4.78, 5) is 26.1. The van der Waals surface area contributed by atoms with Crippen LogP contribution in [-0.4, -0.2) is 47.0 Å². The van der Waals surface area contributed by atoms with Gasteiger partial charge in [-0.2, -0.15) is 0 Å². The van der Waals surface area contributed by atoms with Crippen LogP contribution in [0.3, 0.4) is 0 Å². The number of carbonyl (C=O) groups excluding carboxylic acids is 1. The van der Waals surface area contributed by atoms with Gasteiger partial charge in [0, 0.05) is 43.5 Å². The summed E-state index contributed by atoms with van der Waals surface area (Å²) < 4.78 is 0. The normalized spacial score (nSPS) is 28.7. The molecule has 1 saturated carbocycles. The molecule has 0 N–H and O–H groups in total. The number of amides is 1. The lowest BCUT2D eigenvalue weighted by molar-refractivity contribution is -0.138. The van der Waals surface area contributed by atoms with Crippen LogP contribution in [0.25, 0.3) is 0 Å². The molecule has 5 heteroatoms. The molecule has 1 aromatic heterocycles. The highest BCUT2D eigenvalue weighted by Crippen LogP contribution is 2.36. The van der Waals surface area contributed by atoms with Crippen LogP contribution in [0, 0.1) is 12.8 Å². The van der Waals surface area contributed by atoms with E-state index in [2.05, 4.69) is 22.9 Å². The van der Waals surface area contributed by atoms with E-state index >= 15 is 0 Å². The zero-order valence-electron chi connectivity index (χ0n) is 13.5. The van der Waals surface area contributed by atoms with Gasteiger partial charge in [-0.1, -0.05) is 6.42 Å². The monoisotopic (exact) mass is 300 g/mol. The van der Waals surface area contributed by atoms with Crippen LogP contribution in [0.15, 0.2) is 6.07 Å². The lowest BCUT2D eigenvalue weighted by atomic mass is 9.83. The van der Waals surface area contributed by atoms with Crippen LogP contribution in [0.2, 0.25) is 0 Å². The molecule has 0 radical (unpaired) electrons. The van der Waals surface area contributed by atoms with Crippen molar-refractivity contribution >= 4 is 11.9 Å². The van der Waals surface area contributed by atoms with E-state index in [0.29, 0.717) is 17.9 Å². The molecule has 0 unspecified atom stereocenters. The molecule has 4 aliphatic rings. The standard InChI is InChI=1S/C17H24N4O/c1-11-8-15(12-4-3-5-12)19-17(18-11)21-9-13-6-7-14(10-21)20(2)16(13)22/h8,12-14H,3-7,9-10H2,1-2H3/t13-,14+/m0/s1. The van der Waals surface area contributed by atoms with E-state index in [-0.39, 0.29) is 5.92 Å². The number of carbonyl (C=O) groups is 1. The van der Waals surface area contributed by atoms with Gasteiger partial charge in [-0.05, 0) is 38.7 Å². The van der Waals surface area contributed by atoms with E-state index in [0.717, 1.165) is 37.6 Å². The molecule has 2 atom stereocenters. The summed E-state index contributed by atoms with van der Waals surface area (Å²) in [6.45, 7) is 3.69. The minimum Gasteiger partial charge on any atom is -0.341 e. The van der Waals surface area contributed by atoms with Gasteiger partial charge in [-0.25, -0.2) is 9.97 Å². The van der Waals surface area contributed by atoms with Gasteiger partial charge in [0.05, 0.1) is 5.92 Å². The van der Waals surface area contributed by atoms with E-state index in [1.807, 2.05) is 11.9 Å². The SMILES string of the molecule is Cc1cc(C2CCC2)nc(N2C[C@@H]3CC[C@H](C2)N(C)C3=O)n1. The maximum absolute atomic E-state index is 12.3. The van der Waals surface area contributed by atoms with Crippen molar-refractivity contribution in [3.05, 3.63) is 17.5 Å². The highest BCUT2D eigenvalue weighted by molar-refractivity contribution is 5.81. The molecular weight excluding hydrogens is 276 g/mol. The third-order valence-corrected chi connectivity index (χ3v) is 5.63. The topological polar surface area (TPSA) is 49.3 Å². The van der Waals surface area contributed by atoms with Gasteiger partial charge in [0.2, 0.25) is 11.9 Å². The molecular formula is C17H24N4O. The molecule has 1 amide bonds. The Balaban J connectivity index is 1.64. The summed E-state index contributed by atoms with van der Waals surface area (Å²) in [5, 5.41) is 0. The number of aryl methyl sites for hydroxylation is 1. The van der Waals surface area contributed by atoms with Crippen molar-refractivity contribution in [3.8, 4) is 0 Å². The second kappa shape index (κ2) is 5.21. The maximum Gasteiger partial charge on any atom is 0.227 e. The Morgan fingerprint density at radius 1 is 1.09 bits per heavy atom. The maximum atomic E-state index is 12.3. The Morgan fingerprint density at radius 2 is 1.91 bits per heavy atom. The number of rotatable bonds is 2. The predicted octanol–water partition coefficient (Wildman–Crippen LogP) is 2.11. The van der Waals surface area contributed by atoms with Crippen molar-refractivity contribution in [2.24, 2.45) is 5.92 Å². The lowest BCUT2D eigenvalue weighted by Gasteiger charge is -2.32. The van der Waals surface area contributed by atoms with E-state index in [9.17, 15) is 4.79 Å². The molecule has 0 spiro atoms. The zero-order chi connectivity index (χ0) is 15.3. The van der Waals surface area contributed by atoms with Crippen LogP contribution >= 0.6 is 0 Å². The summed E-state index contributed by atoms with van der Waals surface area (Å²) in [5.74, 6) is 1.86. The molecule has 1 aromatic rings. The largest absolute Gasteiger partial charge is 0.341 e. The Labute approximate surface area is 131 Å². The van der Waals surface area contributed by atoms with Gasteiger partial charge >= 0.3 is 0 Å². The molecule has 3 saturated heterocycles. The van der Waals surface area contributed by atoms with Crippen LogP contribution < -0.4 is 4.90 Å². The average molecular weight is 300 g/mol. The number of hydrogen-bond acceptors (Lipinski definition) is 4. The van der Waals surface area contributed by atoms with E-state index in [1.165, 1.54) is 25.0 Å². The van der Waals surface area contributed by atoms with Gasteiger partial charge in [-0.15, -0.1) is 0 Å². The minimum atomic E-state index is 0.111. The van der Waals surface area contributed by atoms with Crippen LogP contribution in [0.4, 0.5) is 5.95 Å². The smallest absolute Gasteiger partial charge is 0.227 e. The fraction of sp³-hybridized carbons (Fsp3) is 0.706. The Bertz CT molecular complexity index is 598. The fourth-order valence-electron chi connectivity index (χ4n) is 3.95. The second-order valence-corrected chi connectivity index (χ2v) is 7.14. The van der Waals surface area contributed by atoms with Crippen molar-refractivity contribution < 1.29 is 4.79 Å². The third-order valence-electron chi connectivity index (χ3n) is 5.63. The number of piperidine rings is 1. The van der Waals surface area contributed by atoms with Gasteiger partial charge < -0.3 is 9.80 Å². The van der Waals surface area contributed by atoms with Gasteiger partial charge in [0.1, 0.15) is 0 Å². The van der Waals surface area contributed by atoms with Gasteiger partial charge in [0.25, 0.3) is 0 Å². The molecule has 3 aliphatic heterocycles. The van der Waals surface area contributed by atoms with Crippen molar-refractivity contribution in [3.63, 3.8) is 0 Å². The summed E-state index contributed by atoms with van der Waals surface area (Å²) in [7, 11) is 1.94. The Hall–Kier alpha value is -1.65. The van der Waals surface area contributed by atoms with Gasteiger partial charge in [0.15, 0.2) is 0 Å². The quantitative estimate of drug-likeness (QED) is 0.839. The highest BCUT2D eigenvalue weighted by atomic mass is 16.2. The van der Waals surface area contributed by atoms with Gasteiger partial charge in [-0.3, -0.25) is 4.79 Å². The lowest BCUT2D eigenvalue weighted by Crippen LogP contribution is -2.45. The summed E-state index contributed by atoms with van der Waals surface area (Å²) in [6.07, 6.45) is 5.93. The third kappa shape index (κ3) is 2.27. The van der Waals surface area contributed by atoms with E-state index in [4.69, 9.17) is 4.98 Å². The Morgan fingerprint density at radius 3 is 2.64 bits per heavy atom. The average Bonchev–Trinajstić information content (AvgIpc) is 2.71. The van der Waals surface area contributed by atoms with Crippen molar-refractivity contribution in [1.82, 2.24) is 14.9 Å². The summed E-state index contributed by atoms with van der Waals surface area (Å²) >= 11 is 0. The number of fused-ring (bicyclic) bond motifs is 4. The number of likely N-dealkylation sites (N-methyl/N-ethyl adjacent to an activating group) is 1. The second-order valence-electron chi connectivity index (χ2n) is 7.14. The van der Waals surface area contributed by atoms with E-state index < -0.39 is 0 Å². The molecule has 2 bridgehead atoms. The molecule has 4 fully saturated rings. The first-order valence-electron chi connectivity index (χ1n) is 8.49. The van der Waals surface area contributed by atoms with Crippen molar-refractivity contribution in [1.29, 1.82) is 0 Å². The number of hydrogen-bond donors (Lipinski definition) is 0. The van der Waals surface area contributed by atoms with Crippen LogP contribution in [0.5, 0.6) is 0 Å². The minimum absolute atomic E-state index is 0.111. The summed E-state index contributed by atoms with van der Waals surface area (Å²) in [5.41, 5.74) is 2.24. The number of anilines is 1. The first kappa shape index (κ1) is 14.0. The molecule has 0 aromatic carbocycles. The molecule has 5 rings (SSSR count). The van der Waals surface area contributed by atoms with E-state index in [1.54, 1.807) is 0 Å².